The number of hydrogen-bond donors (Lipinski definition) is 1. The Balaban J connectivity index is 2.67. The van der Waals surface area contributed by atoms with E-state index >= 15 is 0 Å². The van der Waals surface area contributed by atoms with E-state index in [1.807, 2.05) is 6.92 Å². The van der Waals surface area contributed by atoms with Gasteiger partial charge >= 0.3 is 5.97 Å². The van der Waals surface area contributed by atoms with Gasteiger partial charge in [-0.15, -0.1) is 0 Å². The van der Waals surface area contributed by atoms with Crippen LogP contribution in [0.25, 0.3) is 0 Å². The molecule has 0 spiro atoms. The molecule has 0 saturated heterocycles. The number of carbonyl (C=O) groups is 1. The molecule has 4 nitrogen and oxygen atoms in total. The van der Waals surface area contributed by atoms with Crippen LogP contribution < -0.4 is 0 Å². The minimum atomic E-state index is -3.33. The average Bonchev–Trinajstić information content (AvgIpc) is 2.37. The third-order valence-corrected chi connectivity index (χ3v) is 5.03. The first-order valence-electron chi connectivity index (χ1n) is 5.52. The Morgan fingerprint density at radius 1 is 1.41 bits per heavy atom. The van der Waals surface area contributed by atoms with Gasteiger partial charge in [0.1, 0.15) is 0 Å². The van der Waals surface area contributed by atoms with E-state index in [2.05, 4.69) is 0 Å². The Kier molecular flexibility index (Phi) is 2.95. The summed E-state index contributed by atoms with van der Waals surface area (Å²) in [5.74, 6) is -0.835. The van der Waals surface area contributed by atoms with Crippen molar-refractivity contribution in [1.82, 2.24) is 0 Å². The summed E-state index contributed by atoms with van der Waals surface area (Å²) in [6.07, 6.45) is 1.44. The van der Waals surface area contributed by atoms with Gasteiger partial charge in [-0.05, 0) is 36.5 Å². The SMILES string of the molecule is CC1CCCS(=O)(=O)c2cc(C(=O)O)ccc21. The van der Waals surface area contributed by atoms with Crippen molar-refractivity contribution in [3.8, 4) is 0 Å². The van der Waals surface area contributed by atoms with Gasteiger partial charge < -0.3 is 5.11 Å². The Morgan fingerprint density at radius 3 is 2.76 bits per heavy atom. The second kappa shape index (κ2) is 4.14. The van der Waals surface area contributed by atoms with Gasteiger partial charge in [-0.1, -0.05) is 13.0 Å². The Hall–Kier alpha value is -1.36. The first-order chi connectivity index (χ1) is 7.92. The maximum atomic E-state index is 12.0. The molecule has 5 heteroatoms. The van der Waals surface area contributed by atoms with Crippen LogP contribution in [0.15, 0.2) is 23.1 Å². The summed E-state index contributed by atoms with van der Waals surface area (Å²) in [5.41, 5.74) is 0.772. The molecule has 1 heterocycles. The topological polar surface area (TPSA) is 71.4 Å². The third kappa shape index (κ3) is 2.20. The van der Waals surface area contributed by atoms with Crippen LogP contribution in [0.3, 0.4) is 0 Å². The van der Waals surface area contributed by atoms with Crippen molar-refractivity contribution in [2.75, 3.05) is 5.75 Å². The number of carboxylic acids is 1. The highest BCUT2D eigenvalue weighted by Gasteiger charge is 2.26. The molecule has 0 amide bonds. The molecule has 1 aliphatic rings. The van der Waals surface area contributed by atoms with E-state index < -0.39 is 15.8 Å². The molecule has 1 aromatic rings. The van der Waals surface area contributed by atoms with Crippen LogP contribution in [0.2, 0.25) is 0 Å². The molecule has 0 fully saturated rings. The Labute approximate surface area is 100 Å². The van der Waals surface area contributed by atoms with Crippen molar-refractivity contribution in [3.05, 3.63) is 29.3 Å². The highest BCUT2D eigenvalue weighted by atomic mass is 32.2. The molecule has 2 rings (SSSR count). The van der Waals surface area contributed by atoms with Gasteiger partial charge in [0.25, 0.3) is 0 Å². The Morgan fingerprint density at radius 2 is 2.12 bits per heavy atom. The van der Waals surface area contributed by atoms with Gasteiger partial charge in [-0.25, -0.2) is 13.2 Å². The van der Waals surface area contributed by atoms with Gasteiger partial charge in [0, 0.05) is 0 Å². The normalized spacial score (nSPS) is 22.5. The van der Waals surface area contributed by atoms with Crippen molar-refractivity contribution >= 4 is 15.8 Å². The van der Waals surface area contributed by atoms with E-state index in [0.29, 0.717) is 6.42 Å². The van der Waals surface area contributed by atoms with E-state index in [1.54, 1.807) is 6.07 Å². The van der Waals surface area contributed by atoms with Crippen LogP contribution >= 0.6 is 0 Å². The van der Waals surface area contributed by atoms with E-state index in [1.165, 1.54) is 12.1 Å². The summed E-state index contributed by atoms with van der Waals surface area (Å²) in [7, 11) is -3.33. The predicted octanol–water partition coefficient (Wildman–Crippen LogP) is 2.06. The molecular weight excluding hydrogens is 240 g/mol. The summed E-state index contributed by atoms with van der Waals surface area (Å²) in [4.78, 5) is 11.1. The van der Waals surface area contributed by atoms with Crippen LogP contribution in [0.4, 0.5) is 0 Å². The Bertz CT molecular complexity index is 560. The third-order valence-electron chi connectivity index (χ3n) is 3.18. The van der Waals surface area contributed by atoms with E-state index in [9.17, 15) is 13.2 Å². The molecule has 17 heavy (non-hydrogen) atoms. The number of hydrogen-bond acceptors (Lipinski definition) is 3. The second-order valence-electron chi connectivity index (χ2n) is 4.42. The lowest BCUT2D eigenvalue weighted by atomic mass is 9.96. The lowest BCUT2D eigenvalue weighted by molar-refractivity contribution is 0.0696. The molecule has 0 aliphatic carbocycles. The summed E-state index contributed by atoms with van der Waals surface area (Å²) < 4.78 is 24.0. The monoisotopic (exact) mass is 254 g/mol. The van der Waals surface area contributed by atoms with Crippen molar-refractivity contribution in [1.29, 1.82) is 0 Å². The fraction of sp³-hybridized carbons (Fsp3) is 0.417. The van der Waals surface area contributed by atoms with Gasteiger partial charge in [-0.3, -0.25) is 0 Å². The minimum Gasteiger partial charge on any atom is -0.478 e. The number of carboxylic acid groups (broad SMARTS) is 1. The summed E-state index contributed by atoms with van der Waals surface area (Å²) in [6, 6.07) is 4.39. The molecule has 0 aromatic heterocycles. The molecule has 1 atom stereocenters. The molecule has 92 valence electrons. The standard InChI is InChI=1S/C12H14O4S/c1-8-3-2-6-17(15,16)11-7-9(12(13)14)4-5-10(8)11/h4-5,7-8H,2-3,6H2,1H3,(H,13,14). The quantitative estimate of drug-likeness (QED) is 0.832. The van der Waals surface area contributed by atoms with E-state index in [4.69, 9.17) is 5.11 Å². The highest BCUT2D eigenvalue weighted by molar-refractivity contribution is 7.91. The molecular formula is C12H14O4S. The van der Waals surface area contributed by atoms with Gasteiger partial charge in [0.2, 0.25) is 0 Å². The molecule has 0 bridgehead atoms. The minimum absolute atomic E-state index is 0.0291. The first kappa shape index (κ1) is 12.1. The smallest absolute Gasteiger partial charge is 0.335 e. The molecule has 1 N–H and O–H groups in total. The first-order valence-corrected chi connectivity index (χ1v) is 7.17. The van der Waals surface area contributed by atoms with Crippen LogP contribution in [-0.2, 0) is 9.84 Å². The van der Waals surface area contributed by atoms with Gasteiger partial charge in [0.15, 0.2) is 9.84 Å². The van der Waals surface area contributed by atoms with E-state index in [-0.39, 0.29) is 22.1 Å². The zero-order valence-electron chi connectivity index (χ0n) is 9.51. The number of benzene rings is 1. The fourth-order valence-electron chi connectivity index (χ4n) is 2.19. The summed E-state index contributed by atoms with van der Waals surface area (Å²) in [5, 5.41) is 8.90. The molecule has 0 radical (unpaired) electrons. The zero-order valence-corrected chi connectivity index (χ0v) is 10.3. The zero-order chi connectivity index (χ0) is 12.6. The number of fused-ring (bicyclic) bond motifs is 1. The predicted molar refractivity (Wildman–Crippen MR) is 63.1 cm³/mol. The molecule has 1 aromatic carbocycles. The molecule has 1 unspecified atom stereocenters. The lowest BCUT2D eigenvalue weighted by Crippen LogP contribution is -2.08. The maximum Gasteiger partial charge on any atom is 0.335 e. The van der Waals surface area contributed by atoms with E-state index in [0.717, 1.165) is 12.0 Å². The average molecular weight is 254 g/mol. The van der Waals surface area contributed by atoms with Crippen LogP contribution in [0, 0.1) is 0 Å². The van der Waals surface area contributed by atoms with Crippen molar-refractivity contribution < 1.29 is 18.3 Å². The summed E-state index contributed by atoms with van der Waals surface area (Å²) >= 11 is 0. The lowest BCUT2D eigenvalue weighted by Gasteiger charge is -2.12. The van der Waals surface area contributed by atoms with Gasteiger partial charge in [0.05, 0.1) is 16.2 Å². The van der Waals surface area contributed by atoms with Crippen LogP contribution in [0.1, 0.15) is 41.6 Å². The largest absolute Gasteiger partial charge is 0.478 e. The molecule has 0 saturated carbocycles. The van der Waals surface area contributed by atoms with Gasteiger partial charge in [-0.2, -0.15) is 0 Å². The van der Waals surface area contributed by atoms with Crippen LogP contribution in [0.5, 0.6) is 0 Å². The number of aromatic carboxylic acids is 1. The van der Waals surface area contributed by atoms with Crippen LogP contribution in [-0.4, -0.2) is 25.2 Å². The second-order valence-corrected chi connectivity index (χ2v) is 6.50. The number of sulfone groups is 1. The van der Waals surface area contributed by atoms with Crippen molar-refractivity contribution in [3.63, 3.8) is 0 Å². The van der Waals surface area contributed by atoms with Crippen molar-refractivity contribution in [2.24, 2.45) is 0 Å². The number of rotatable bonds is 1. The maximum absolute atomic E-state index is 12.0. The molecule has 1 aliphatic heterocycles. The van der Waals surface area contributed by atoms with Crippen molar-refractivity contribution in [2.45, 2.75) is 30.6 Å². The summed E-state index contributed by atoms with van der Waals surface area (Å²) in [6.45, 7) is 1.97. The fourth-order valence-corrected chi connectivity index (χ4v) is 3.89. The highest BCUT2D eigenvalue weighted by Crippen LogP contribution is 2.32.